The first-order valence-corrected chi connectivity index (χ1v) is 10.8. The van der Waals surface area contributed by atoms with Crippen LogP contribution in [0.2, 0.25) is 0 Å². The number of ether oxygens (including phenoxy) is 2. The summed E-state index contributed by atoms with van der Waals surface area (Å²) in [6.45, 7) is 21.7. The van der Waals surface area contributed by atoms with Crippen LogP contribution in [0, 0.1) is 0 Å². The molecule has 0 bridgehead atoms. The normalized spacial score (nSPS) is 21.0. The van der Waals surface area contributed by atoms with Crippen molar-refractivity contribution < 1.29 is 22.8 Å². The van der Waals surface area contributed by atoms with Crippen LogP contribution >= 0.6 is 0 Å². The Kier molecular flexibility index (Phi) is 7.10. The van der Waals surface area contributed by atoms with Crippen molar-refractivity contribution >= 4 is 8.80 Å². The van der Waals surface area contributed by atoms with Crippen LogP contribution < -0.4 is 0 Å². The minimum Gasteiger partial charge on any atom is -0.371 e. The molecule has 144 valence electrons. The van der Waals surface area contributed by atoms with E-state index < -0.39 is 25.6 Å². The van der Waals surface area contributed by atoms with Crippen LogP contribution in [0.5, 0.6) is 0 Å². The molecule has 1 aliphatic heterocycles. The van der Waals surface area contributed by atoms with Gasteiger partial charge in [-0.05, 0) is 68.7 Å². The standard InChI is InChI=1S/C18H38O5Si/c1-11-15(20-13-14-12-19-14)24(21-16(2,3)4,22-17(5,6)7)23-18(8,9)10/h14-15H,11-13H2,1-10H3. The second-order valence-corrected chi connectivity index (χ2v) is 11.9. The van der Waals surface area contributed by atoms with Gasteiger partial charge in [0, 0.05) is 0 Å². The van der Waals surface area contributed by atoms with E-state index in [2.05, 4.69) is 6.92 Å². The van der Waals surface area contributed by atoms with Crippen LogP contribution in [0.4, 0.5) is 0 Å². The fourth-order valence-corrected chi connectivity index (χ4v) is 6.28. The number of hydrogen-bond donors (Lipinski definition) is 0. The van der Waals surface area contributed by atoms with Crippen LogP contribution in [0.25, 0.3) is 0 Å². The van der Waals surface area contributed by atoms with Gasteiger partial charge in [-0.2, -0.15) is 0 Å². The number of hydrogen-bond acceptors (Lipinski definition) is 5. The van der Waals surface area contributed by atoms with E-state index in [1.807, 2.05) is 62.3 Å². The summed E-state index contributed by atoms with van der Waals surface area (Å²) in [6.07, 6.45) is 0.964. The molecular formula is C18H38O5Si. The summed E-state index contributed by atoms with van der Waals surface area (Å²) in [5.41, 5.74) is -1.40. The number of epoxide rings is 1. The Hall–Kier alpha value is 0.0169. The highest BCUT2D eigenvalue weighted by Gasteiger charge is 2.57. The zero-order valence-corrected chi connectivity index (χ0v) is 18.3. The van der Waals surface area contributed by atoms with Crippen molar-refractivity contribution in [3.63, 3.8) is 0 Å². The van der Waals surface area contributed by atoms with E-state index in [0.717, 1.165) is 13.0 Å². The van der Waals surface area contributed by atoms with Gasteiger partial charge in [0.1, 0.15) is 11.8 Å². The van der Waals surface area contributed by atoms with E-state index in [1.54, 1.807) is 0 Å². The quantitative estimate of drug-likeness (QED) is 0.480. The third-order valence-corrected chi connectivity index (χ3v) is 7.05. The van der Waals surface area contributed by atoms with Gasteiger partial charge in [-0.15, -0.1) is 0 Å². The average Bonchev–Trinajstić information content (AvgIpc) is 3.05. The molecule has 1 aliphatic rings. The second-order valence-electron chi connectivity index (χ2n) is 9.43. The third-order valence-electron chi connectivity index (χ3n) is 3.00. The molecule has 0 amide bonds. The lowest BCUT2D eigenvalue weighted by molar-refractivity contribution is -0.109. The zero-order valence-electron chi connectivity index (χ0n) is 17.3. The molecule has 2 unspecified atom stereocenters. The van der Waals surface area contributed by atoms with E-state index in [-0.39, 0.29) is 11.8 Å². The minimum atomic E-state index is -3.15. The summed E-state index contributed by atoms with van der Waals surface area (Å²) in [4.78, 5) is 0. The summed E-state index contributed by atoms with van der Waals surface area (Å²) in [5.74, 6) is 0. The summed E-state index contributed by atoms with van der Waals surface area (Å²) < 4.78 is 31.0. The predicted octanol–water partition coefficient (Wildman–Crippen LogP) is 4.10. The molecule has 24 heavy (non-hydrogen) atoms. The van der Waals surface area contributed by atoms with Gasteiger partial charge in [0.05, 0.1) is 30.0 Å². The van der Waals surface area contributed by atoms with Crippen molar-refractivity contribution in [1.82, 2.24) is 0 Å². The molecule has 6 heteroatoms. The van der Waals surface area contributed by atoms with Crippen LogP contribution in [0.1, 0.15) is 75.7 Å². The molecule has 0 N–H and O–H groups in total. The van der Waals surface area contributed by atoms with Crippen LogP contribution in [-0.4, -0.2) is 50.7 Å². The molecular weight excluding hydrogens is 324 g/mol. The molecule has 5 nitrogen and oxygen atoms in total. The Labute approximate surface area is 149 Å². The first-order chi connectivity index (χ1) is 10.7. The monoisotopic (exact) mass is 362 g/mol. The lowest BCUT2D eigenvalue weighted by Crippen LogP contribution is -2.65. The van der Waals surface area contributed by atoms with Crippen molar-refractivity contribution in [2.75, 3.05) is 13.2 Å². The van der Waals surface area contributed by atoms with Gasteiger partial charge in [-0.25, -0.2) is 0 Å². The largest absolute Gasteiger partial charge is 0.532 e. The van der Waals surface area contributed by atoms with E-state index in [0.29, 0.717) is 6.61 Å². The molecule has 1 heterocycles. The Morgan fingerprint density at radius 3 is 1.50 bits per heavy atom. The second kappa shape index (κ2) is 7.72. The molecule has 0 radical (unpaired) electrons. The van der Waals surface area contributed by atoms with Gasteiger partial charge >= 0.3 is 8.80 Å². The summed E-state index contributed by atoms with van der Waals surface area (Å²) in [7, 11) is -3.15. The van der Waals surface area contributed by atoms with Crippen molar-refractivity contribution in [1.29, 1.82) is 0 Å². The molecule has 1 saturated heterocycles. The highest BCUT2D eigenvalue weighted by atomic mass is 28.4. The molecule has 0 aliphatic carbocycles. The van der Waals surface area contributed by atoms with Gasteiger partial charge in [-0.3, -0.25) is 0 Å². The molecule has 2 atom stereocenters. The maximum Gasteiger partial charge on any atom is 0.532 e. The summed E-state index contributed by atoms with van der Waals surface area (Å²) in [6, 6.07) is 0. The molecule has 1 fully saturated rings. The lowest BCUT2D eigenvalue weighted by Gasteiger charge is -2.45. The maximum absolute atomic E-state index is 6.51. The summed E-state index contributed by atoms with van der Waals surface area (Å²) >= 11 is 0. The van der Waals surface area contributed by atoms with E-state index in [4.69, 9.17) is 22.8 Å². The zero-order chi connectivity index (χ0) is 18.8. The number of rotatable bonds is 8. The smallest absolute Gasteiger partial charge is 0.371 e. The van der Waals surface area contributed by atoms with E-state index in [9.17, 15) is 0 Å². The van der Waals surface area contributed by atoms with Crippen LogP contribution in [0.15, 0.2) is 0 Å². The SMILES string of the molecule is CCC(OCC1CO1)[Si](OC(C)(C)C)(OC(C)(C)C)OC(C)(C)C. The van der Waals surface area contributed by atoms with Gasteiger partial charge in [0.2, 0.25) is 0 Å². The summed E-state index contributed by atoms with van der Waals surface area (Å²) in [5, 5.41) is 0. The van der Waals surface area contributed by atoms with E-state index >= 15 is 0 Å². The van der Waals surface area contributed by atoms with Crippen molar-refractivity contribution in [3.05, 3.63) is 0 Å². The predicted molar refractivity (Wildman–Crippen MR) is 98.0 cm³/mol. The lowest BCUT2D eigenvalue weighted by atomic mass is 10.2. The molecule has 0 saturated carbocycles. The minimum absolute atomic E-state index is 0.199. The molecule has 0 spiro atoms. The topological polar surface area (TPSA) is 49.5 Å². The Morgan fingerprint density at radius 1 is 0.875 bits per heavy atom. The Morgan fingerprint density at radius 2 is 1.25 bits per heavy atom. The molecule has 0 aromatic rings. The molecule has 0 aromatic carbocycles. The molecule has 1 rings (SSSR count). The van der Waals surface area contributed by atoms with Gasteiger partial charge < -0.3 is 22.8 Å². The Balaban J connectivity index is 3.17. The first-order valence-electron chi connectivity index (χ1n) is 8.99. The molecule has 0 aromatic heterocycles. The highest BCUT2D eigenvalue weighted by molar-refractivity contribution is 6.62. The van der Waals surface area contributed by atoms with Crippen molar-refractivity contribution in [3.8, 4) is 0 Å². The average molecular weight is 363 g/mol. The van der Waals surface area contributed by atoms with Crippen LogP contribution in [-0.2, 0) is 22.8 Å². The van der Waals surface area contributed by atoms with Gasteiger partial charge in [-0.1, -0.05) is 6.92 Å². The van der Waals surface area contributed by atoms with Gasteiger partial charge in [0.25, 0.3) is 0 Å². The van der Waals surface area contributed by atoms with Crippen molar-refractivity contribution in [2.24, 2.45) is 0 Å². The van der Waals surface area contributed by atoms with Crippen LogP contribution in [0.3, 0.4) is 0 Å². The van der Waals surface area contributed by atoms with Crippen molar-refractivity contribution in [2.45, 2.75) is 104 Å². The Bertz CT molecular complexity index is 347. The maximum atomic E-state index is 6.51. The van der Waals surface area contributed by atoms with Gasteiger partial charge in [0.15, 0.2) is 0 Å². The first kappa shape index (κ1) is 22.1. The highest BCUT2D eigenvalue weighted by Crippen LogP contribution is 2.34. The fourth-order valence-electron chi connectivity index (χ4n) is 2.40. The third kappa shape index (κ3) is 8.40. The fraction of sp³-hybridized carbons (Fsp3) is 1.00. The van der Waals surface area contributed by atoms with E-state index in [1.165, 1.54) is 0 Å².